The van der Waals surface area contributed by atoms with E-state index in [0.717, 1.165) is 35.8 Å². The van der Waals surface area contributed by atoms with Crippen LogP contribution in [0.3, 0.4) is 0 Å². The molecule has 7 heteroatoms. The summed E-state index contributed by atoms with van der Waals surface area (Å²) in [4.78, 5) is 17.8. The molecule has 0 aliphatic carbocycles. The number of nitrogen functional groups attached to an aromatic ring is 1. The fraction of sp³-hybridized carbons (Fsp3) is 0.643. The first-order valence-electron chi connectivity index (χ1n) is 6.95. The summed E-state index contributed by atoms with van der Waals surface area (Å²) in [5, 5.41) is 1.10. The molecule has 118 valence electrons. The van der Waals surface area contributed by atoms with Crippen molar-refractivity contribution in [2.45, 2.75) is 23.8 Å². The Labute approximate surface area is 134 Å². The maximum absolute atomic E-state index is 12.3. The minimum Gasteiger partial charge on any atom is -0.396 e. The molecule has 2 heterocycles. The third-order valence-corrected chi connectivity index (χ3v) is 5.89. The smallest absolute Gasteiger partial charge is 0.265 e. The fourth-order valence-corrected chi connectivity index (χ4v) is 4.74. The summed E-state index contributed by atoms with van der Waals surface area (Å²) in [6.45, 7) is 1.85. The highest BCUT2D eigenvalue weighted by atomic mass is 32.2. The van der Waals surface area contributed by atoms with Gasteiger partial charge in [0.1, 0.15) is 9.88 Å². The molecule has 0 bridgehead atoms. The van der Waals surface area contributed by atoms with Crippen LogP contribution >= 0.6 is 23.1 Å². The predicted molar refractivity (Wildman–Crippen MR) is 90.8 cm³/mol. The van der Waals surface area contributed by atoms with Crippen LogP contribution in [-0.4, -0.2) is 57.5 Å². The summed E-state index contributed by atoms with van der Waals surface area (Å²) < 4.78 is 5.49. The van der Waals surface area contributed by atoms with Gasteiger partial charge in [0.25, 0.3) is 5.91 Å². The number of methoxy groups -OCH3 is 1. The number of rotatable bonds is 4. The maximum atomic E-state index is 12.3. The van der Waals surface area contributed by atoms with Crippen molar-refractivity contribution in [3.8, 4) is 0 Å². The number of carbonyl (C=O) groups excluding carboxylic acids is 1. The number of nitrogens with zero attached hydrogens (tertiary/aromatic N) is 2. The van der Waals surface area contributed by atoms with Crippen molar-refractivity contribution in [3.63, 3.8) is 0 Å². The SMILES string of the molecule is COC1CCCN(c2sc(C(=O)N(C)C)c(N)c2SC)C1. The van der Waals surface area contributed by atoms with Crippen molar-refractivity contribution < 1.29 is 9.53 Å². The van der Waals surface area contributed by atoms with E-state index in [1.807, 2.05) is 6.26 Å². The number of thioether (sulfide) groups is 1. The number of hydrogen-bond acceptors (Lipinski definition) is 6. The van der Waals surface area contributed by atoms with Crippen molar-refractivity contribution in [1.29, 1.82) is 0 Å². The second kappa shape index (κ2) is 6.89. The standard InChI is InChI=1S/C14H23N3O2S2/c1-16(2)13(18)11-10(15)12(20-4)14(21-11)17-7-5-6-9(8-17)19-3/h9H,5-8,15H2,1-4H3. The van der Waals surface area contributed by atoms with Crippen molar-refractivity contribution in [2.75, 3.05) is 51.2 Å². The lowest BCUT2D eigenvalue weighted by molar-refractivity contribution is 0.0833. The summed E-state index contributed by atoms with van der Waals surface area (Å²) in [6, 6.07) is 0. The van der Waals surface area contributed by atoms with Crippen molar-refractivity contribution >= 4 is 39.7 Å². The number of hydrogen-bond donors (Lipinski definition) is 1. The van der Waals surface area contributed by atoms with E-state index in [9.17, 15) is 4.79 Å². The van der Waals surface area contributed by atoms with Crippen LogP contribution in [0.2, 0.25) is 0 Å². The van der Waals surface area contributed by atoms with Gasteiger partial charge in [-0.3, -0.25) is 4.79 Å². The van der Waals surface area contributed by atoms with E-state index in [4.69, 9.17) is 10.5 Å². The quantitative estimate of drug-likeness (QED) is 0.860. The van der Waals surface area contributed by atoms with Crippen LogP contribution in [0.1, 0.15) is 22.5 Å². The van der Waals surface area contributed by atoms with Gasteiger partial charge < -0.3 is 20.3 Å². The molecular weight excluding hydrogens is 306 g/mol. The molecule has 1 saturated heterocycles. The first kappa shape index (κ1) is 16.5. The average molecular weight is 329 g/mol. The van der Waals surface area contributed by atoms with Gasteiger partial charge in [-0.25, -0.2) is 0 Å². The zero-order valence-corrected chi connectivity index (χ0v) is 14.6. The first-order valence-corrected chi connectivity index (χ1v) is 8.99. The largest absolute Gasteiger partial charge is 0.396 e. The molecule has 2 rings (SSSR count). The van der Waals surface area contributed by atoms with Gasteiger partial charge in [-0.1, -0.05) is 0 Å². The summed E-state index contributed by atoms with van der Waals surface area (Å²) in [7, 11) is 5.26. The summed E-state index contributed by atoms with van der Waals surface area (Å²) in [5.41, 5.74) is 6.82. The Kier molecular flexibility index (Phi) is 5.40. The molecule has 5 nitrogen and oxygen atoms in total. The van der Waals surface area contributed by atoms with Gasteiger partial charge >= 0.3 is 0 Å². The monoisotopic (exact) mass is 329 g/mol. The number of piperidine rings is 1. The predicted octanol–water partition coefficient (Wildman–Crippen LogP) is 2.37. The summed E-state index contributed by atoms with van der Waals surface area (Å²) in [6.07, 6.45) is 4.45. The Hall–Kier alpha value is -0.920. The van der Waals surface area contributed by atoms with Gasteiger partial charge in [0.2, 0.25) is 0 Å². The lowest BCUT2D eigenvalue weighted by Gasteiger charge is -2.33. The molecule has 1 amide bonds. The fourth-order valence-electron chi connectivity index (χ4n) is 2.50. The van der Waals surface area contributed by atoms with Crippen LogP contribution in [-0.2, 0) is 4.74 Å². The Morgan fingerprint density at radius 2 is 2.24 bits per heavy atom. The molecule has 1 aliphatic heterocycles. The van der Waals surface area contributed by atoms with Crippen molar-refractivity contribution in [1.82, 2.24) is 4.90 Å². The van der Waals surface area contributed by atoms with Crippen LogP contribution in [0.25, 0.3) is 0 Å². The number of amides is 1. The van der Waals surface area contributed by atoms with Gasteiger partial charge in [0.15, 0.2) is 0 Å². The van der Waals surface area contributed by atoms with Gasteiger partial charge in [0.05, 0.1) is 16.7 Å². The van der Waals surface area contributed by atoms with E-state index in [-0.39, 0.29) is 12.0 Å². The third kappa shape index (κ3) is 3.30. The molecule has 1 aliphatic rings. The molecule has 1 atom stereocenters. The molecule has 1 aromatic rings. The van der Waals surface area contributed by atoms with Gasteiger partial charge in [-0.15, -0.1) is 23.1 Å². The molecule has 1 aromatic heterocycles. The highest BCUT2D eigenvalue weighted by molar-refractivity contribution is 7.99. The van der Waals surface area contributed by atoms with E-state index in [2.05, 4.69) is 4.90 Å². The molecule has 21 heavy (non-hydrogen) atoms. The third-order valence-electron chi connectivity index (χ3n) is 3.69. The number of ether oxygens (including phenoxy) is 1. The van der Waals surface area contributed by atoms with Crippen molar-refractivity contribution in [3.05, 3.63) is 4.88 Å². The Bertz CT molecular complexity index is 517. The van der Waals surface area contributed by atoms with Crippen LogP contribution in [0.4, 0.5) is 10.7 Å². The van der Waals surface area contributed by atoms with E-state index >= 15 is 0 Å². The Balaban J connectivity index is 2.35. The minimum absolute atomic E-state index is 0.0284. The van der Waals surface area contributed by atoms with Gasteiger partial charge in [0, 0.05) is 34.3 Å². The maximum Gasteiger partial charge on any atom is 0.265 e. The van der Waals surface area contributed by atoms with Crippen LogP contribution in [0, 0.1) is 0 Å². The topological polar surface area (TPSA) is 58.8 Å². The molecule has 1 fully saturated rings. The van der Waals surface area contributed by atoms with Gasteiger partial charge in [-0.2, -0.15) is 0 Å². The molecule has 1 unspecified atom stereocenters. The van der Waals surface area contributed by atoms with E-state index in [1.54, 1.807) is 37.9 Å². The second-order valence-corrected chi connectivity index (χ2v) is 7.14. The van der Waals surface area contributed by atoms with Crippen LogP contribution in [0.5, 0.6) is 0 Å². The highest BCUT2D eigenvalue weighted by Crippen LogP contribution is 2.44. The number of nitrogens with two attached hydrogens (primary N) is 1. The summed E-state index contributed by atoms with van der Waals surface area (Å²) in [5.74, 6) is -0.0284. The minimum atomic E-state index is -0.0284. The average Bonchev–Trinajstić information content (AvgIpc) is 2.83. The number of anilines is 2. The molecular formula is C14H23N3O2S2. The van der Waals surface area contributed by atoms with Crippen molar-refractivity contribution in [2.24, 2.45) is 0 Å². The summed E-state index contributed by atoms with van der Waals surface area (Å²) >= 11 is 3.11. The molecule has 2 N–H and O–H groups in total. The van der Waals surface area contributed by atoms with Gasteiger partial charge in [-0.05, 0) is 19.1 Å². The van der Waals surface area contributed by atoms with E-state index in [0.29, 0.717) is 10.6 Å². The van der Waals surface area contributed by atoms with Crippen LogP contribution < -0.4 is 10.6 Å². The normalized spacial score (nSPS) is 18.9. The molecule has 0 radical (unpaired) electrons. The lowest BCUT2D eigenvalue weighted by Crippen LogP contribution is -2.39. The number of carbonyl (C=O) groups is 1. The zero-order chi connectivity index (χ0) is 15.6. The second-order valence-electron chi connectivity index (χ2n) is 5.33. The number of thiophene rings is 1. The van der Waals surface area contributed by atoms with E-state index in [1.165, 1.54) is 11.3 Å². The Morgan fingerprint density at radius 3 is 2.81 bits per heavy atom. The van der Waals surface area contributed by atoms with Crippen LogP contribution in [0.15, 0.2) is 4.90 Å². The molecule has 0 spiro atoms. The Morgan fingerprint density at radius 1 is 1.52 bits per heavy atom. The molecule has 0 aromatic carbocycles. The molecule has 0 saturated carbocycles. The zero-order valence-electron chi connectivity index (χ0n) is 13.0. The first-order chi connectivity index (χ1) is 9.99. The lowest BCUT2D eigenvalue weighted by atomic mass is 10.1. The van der Waals surface area contributed by atoms with E-state index < -0.39 is 0 Å². The highest BCUT2D eigenvalue weighted by Gasteiger charge is 2.28.